The van der Waals surface area contributed by atoms with Gasteiger partial charge in [0.05, 0.1) is 5.56 Å². The number of hydrogen-bond acceptors (Lipinski definition) is 0. The van der Waals surface area contributed by atoms with Crippen molar-refractivity contribution in [3.63, 3.8) is 0 Å². The van der Waals surface area contributed by atoms with E-state index < -0.39 is 17.6 Å². The van der Waals surface area contributed by atoms with E-state index in [0.29, 0.717) is 6.07 Å². The zero-order chi connectivity index (χ0) is 8.48. The van der Waals surface area contributed by atoms with Gasteiger partial charge in [0.2, 0.25) is 0 Å². The van der Waals surface area contributed by atoms with Gasteiger partial charge in [0, 0.05) is 0 Å². The molecule has 1 aromatic carbocycles. The van der Waals surface area contributed by atoms with Gasteiger partial charge in [-0.2, -0.15) is 13.2 Å². The van der Waals surface area contributed by atoms with Crippen LogP contribution in [0.2, 0.25) is 0 Å². The summed E-state index contributed by atoms with van der Waals surface area (Å²) in [5.41, 5.74) is -0.961. The maximum atomic E-state index is 12.2. The van der Waals surface area contributed by atoms with Crippen molar-refractivity contribution in [1.29, 1.82) is 0 Å². The molecule has 0 saturated heterocycles. The van der Waals surface area contributed by atoms with Crippen molar-refractivity contribution in [1.82, 2.24) is 0 Å². The maximum absolute atomic E-state index is 12.2. The van der Waals surface area contributed by atoms with E-state index in [-0.39, 0.29) is 57.0 Å². The van der Waals surface area contributed by atoms with Gasteiger partial charge < -0.3 is 34.0 Å². The Labute approximate surface area is 116 Å². The fraction of sp³-hybridized carbons (Fsp3) is 0.143. The smallest absolute Gasteiger partial charge is 1.00 e. The molecular weight excluding hydrogens is 344 g/mol. The van der Waals surface area contributed by atoms with Crippen LogP contribution in [0, 0.1) is 5.82 Å². The van der Waals surface area contributed by atoms with Crippen LogP contribution in [0.5, 0.6) is 0 Å². The van der Waals surface area contributed by atoms with Gasteiger partial charge in [-0.05, 0) is 18.2 Å². The van der Waals surface area contributed by atoms with Crippen molar-refractivity contribution in [2.45, 2.75) is 6.18 Å². The Bertz CT molecular complexity index is 264. The normalized spacial score (nSPS) is 9.14. The van der Waals surface area contributed by atoms with E-state index in [9.17, 15) is 17.6 Å². The van der Waals surface area contributed by atoms with Crippen LogP contribution in [0.25, 0.3) is 0 Å². The molecule has 0 aromatic heterocycles. The Morgan fingerprint density at radius 1 is 1.00 bits per heavy atom. The minimum atomic E-state index is -4.46. The summed E-state index contributed by atoms with van der Waals surface area (Å²) in [5, 5.41) is 0. The molecule has 76 valence electrons. The van der Waals surface area contributed by atoms with Gasteiger partial charge in [0.15, 0.2) is 0 Å². The summed E-state index contributed by atoms with van der Waals surface area (Å²) in [6, 6.07) is 3.27. The molecule has 1 rings (SSSR count). The van der Waals surface area contributed by atoms with Crippen LogP contribution in [0.15, 0.2) is 24.3 Å². The molecule has 0 aliphatic rings. The second-order valence-corrected chi connectivity index (χ2v) is 2.01. The van der Waals surface area contributed by atoms with Crippen LogP contribution in [0.3, 0.4) is 0 Å². The molecule has 0 radical (unpaired) electrons. The van der Waals surface area contributed by atoms with E-state index in [1.54, 1.807) is 0 Å². The Morgan fingerprint density at radius 3 is 1.79 bits per heavy atom. The summed E-state index contributed by atoms with van der Waals surface area (Å²) in [6.07, 6.45) is -4.46. The average molecular weight is 348 g/mol. The zero-order valence-electron chi connectivity index (χ0n) is 6.78. The van der Waals surface area contributed by atoms with Gasteiger partial charge in [0.1, 0.15) is 5.82 Å². The summed E-state index contributed by atoms with van der Waals surface area (Å²) in [4.78, 5) is 0. The fourth-order valence-corrected chi connectivity index (χ4v) is 0.665. The number of benzene rings is 1. The molecule has 0 aliphatic carbocycles. The first-order chi connectivity index (χ1) is 5.00. The first kappa shape index (κ1) is 20.1. The van der Waals surface area contributed by atoms with Crippen molar-refractivity contribution >= 4 is 23.1 Å². The SMILES string of the molecule is Fc1cccc(C(F)(F)F)c1.[Br-].[Br-].[Mg+2]. The molecule has 1 aromatic rings. The van der Waals surface area contributed by atoms with Crippen molar-refractivity contribution in [2.24, 2.45) is 0 Å². The van der Waals surface area contributed by atoms with Crippen molar-refractivity contribution < 1.29 is 51.5 Å². The minimum absolute atomic E-state index is 0. The van der Waals surface area contributed by atoms with E-state index in [2.05, 4.69) is 0 Å². The van der Waals surface area contributed by atoms with Gasteiger partial charge in [-0.25, -0.2) is 4.39 Å². The second-order valence-electron chi connectivity index (χ2n) is 2.01. The van der Waals surface area contributed by atoms with E-state index in [0.717, 1.165) is 18.2 Å². The molecule has 0 amide bonds. The van der Waals surface area contributed by atoms with E-state index >= 15 is 0 Å². The summed E-state index contributed by atoms with van der Waals surface area (Å²) in [6.45, 7) is 0. The Morgan fingerprint density at radius 2 is 1.50 bits per heavy atom. The molecule has 0 fully saturated rings. The topological polar surface area (TPSA) is 0 Å². The predicted octanol–water partition coefficient (Wildman–Crippen LogP) is -3.53. The summed E-state index contributed by atoms with van der Waals surface area (Å²) in [5.74, 6) is -0.875. The first-order valence-corrected chi connectivity index (χ1v) is 2.83. The molecule has 0 aliphatic heterocycles. The number of rotatable bonds is 0. The van der Waals surface area contributed by atoms with E-state index in [4.69, 9.17) is 0 Å². The van der Waals surface area contributed by atoms with Gasteiger partial charge in [-0.15, -0.1) is 0 Å². The van der Waals surface area contributed by atoms with Crippen LogP contribution in [0.4, 0.5) is 17.6 Å². The Kier molecular flexibility index (Phi) is 11.3. The molecule has 0 bridgehead atoms. The molecule has 14 heavy (non-hydrogen) atoms. The van der Waals surface area contributed by atoms with E-state index in [1.165, 1.54) is 0 Å². The third-order valence-corrected chi connectivity index (χ3v) is 1.15. The molecule has 0 nitrogen and oxygen atoms in total. The van der Waals surface area contributed by atoms with Gasteiger partial charge in [-0.1, -0.05) is 6.07 Å². The monoisotopic (exact) mass is 346 g/mol. The third-order valence-electron chi connectivity index (χ3n) is 1.15. The van der Waals surface area contributed by atoms with Crippen LogP contribution in [-0.4, -0.2) is 23.1 Å². The molecule has 0 atom stereocenters. The minimum Gasteiger partial charge on any atom is -1.00 e. The van der Waals surface area contributed by atoms with Crippen molar-refractivity contribution in [3.8, 4) is 0 Å². The molecule has 0 saturated carbocycles. The molecule has 0 spiro atoms. The van der Waals surface area contributed by atoms with Crippen LogP contribution in [0.1, 0.15) is 5.56 Å². The van der Waals surface area contributed by atoms with Crippen molar-refractivity contribution in [3.05, 3.63) is 35.6 Å². The zero-order valence-corrected chi connectivity index (χ0v) is 11.4. The van der Waals surface area contributed by atoms with Crippen LogP contribution in [-0.2, 0) is 6.18 Å². The molecular formula is C7H4Br2F4Mg. The largest absolute Gasteiger partial charge is 2.00 e. The summed E-state index contributed by atoms with van der Waals surface area (Å²) in [7, 11) is 0. The number of alkyl halides is 3. The summed E-state index contributed by atoms with van der Waals surface area (Å²) >= 11 is 0. The number of hydrogen-bond donors (Lipinski definition) is 0. The second kappa shape index (κ2) is 7.89. The average Bonchev–Trinajstić information content (AvgIpc) is 1.86. The predicted molar refractivity (Wildman–Crippen MR) is 37.2 cm³/mol. The molecule has 0 heterocycles. The van der Waals surface area contributed by atoms with Crippen LogP contribution >= 0.6 is 0 Å². The Balaban J connectivity index is -0.000000403. The van der Waals surface area contributed by atoms with Crippen molar-refractivity contribution in [2.75, 3.05) is 0 Å². The number of halogens is 6. The van der Waals surface area contributed by atoms with Crippen LogP contribution < -0.4 is 34.0 Å². The Hall–Kier alpha value is 0.666. The van der Waals surface area contributed by atoms with Gasteiger partial charge in [-0.3, -0.25) is 0 Å². The van der Waals surface area contributed by atoms with Gasteiger partial charge >= 0.3 is 29.2 Å². The standard InChI is InChI=1S/C7H4F4.2BrH.Mg/c8-6-3-1-2-5(4-6)7(9,10)11;;;/h1-4H;2*1H;/q;;;+2/p-2. The quantitative estimate of drug-likeness (QED) is 0.337. The summed E-state index contributed by atoms with van der Waals surface area (Å²) < 4.78 is 47.6. The first-order valence-electron chi connectivity index (χ1n) is 2.83. The molecule has 0 N–H and O–H groups in total. The molecule has 0 unspecified atom stereocenters. The third kappa shape index (κ3) is 6.21. The maximum Gasteiger partial charge on any atom is 2.00 e. The van der Waals surface area contributed by atoms with Gasteiger partial charge in [0.25, 0.3) is 0 Å². The molecule has 7 heteroatoms. The van der Waals surface area contributed by atoms with E-state index in [1.807, 2.05) is 0 Å². The fourth-order valence-electron chi connectivity index (χ4n) is 0.665.